The Bertz CT molecular complexity index is 150. The average Bonchev–Trinajstić information content (AvgIpc) is 2.34. The Morgan fingerprint density at radius 3 is 3.22 bits per heavy atom. The summed E-state index contributed by atoms with van der Waals surface area (Å²) in [6, 6.07) is 4.29. The van der Waals surface area contributed by atoms with Gasteiger partial charge in [0.15, 0.2) is 0 Å². The summed E-state index contributed by atoms with van der Waals surface area (Å²) in [6.07, 6.45) is 0.973. The van der Waals surface area contributed by atoms with Gasteiger partial charge in [-0.25, -0.2) is 0 Å². The molecule has 0 aromatic carbocycles. The minimum atomic E-state index is -0.0729. The highest BCUT2D eigenvalue weighted by Crippen LogP contribution is 1.90. The minimum absolute atomic E-state index is 0.0729. The van der Waals surface area contributed by atoms with Gasteiger partial charge in [-0.3, -0.25) is 0 Å². The molecule has 0 saturated heterocycles. The molecule has 0 N–H and O–H groups in total. The monoisotopic (exact) mass is 158 g/mol. The molecule has 50 valence electrons. The summed E-state index contributed by atoms with van der Waals surface area (Å²) in [7, 11) is 1.69. The number of rotatable bonds is 3. The van der Waals surface area contributed by atoms with Crippen molar-refractivity contribution in [2.75, 3.05) is 13.3 Å². The summed E-state index contributed by atoms with van der Waals surface area (Å²) < 4.78 is 6.52. The van der Waals surface area contributed by atoms with Crippen molar-refractivity contribution in [2.45, 2.75) is 0 Å². The van der Waals surface area contributed by atoms with Crippen LogP contribution in [-0.4, -0.2) is 22.9 Å². The molecule has 0 atom stereocenters. The van der Waals surface area contributed by atoms with Crippen LogP contribution in [0.15, 0.2) is 17.5 Å². The first-order valence-corrected chi connectivity index (χ1v) is 5.53. The molecule has 0 fully saturated rings. The zero-order valence-corrected chi connectivity index (χ0v) is 7.69. The average molecular weight is 158 g/mol. The van der Waals surface area contributed by atoms with Gasteiger partial charge in [0.25, 0.3) is 0 Å². The lowest BCUT2D eigenvalue weighted by molar-refractivity contribution is 0.252. The molecular weight excluding hydrogens is 148 g/mol. The Balaban J connectivity index is 2.30. The molecule has 0 amide bonds. The quantitative estimate of drug-likeness (QED) is 0.569. The van der Waals surface area contributed by atoms with Crippen molar-refractivity contribution in [3.8, 4) is 0 Å². The highest BCUT2D eigenvalue weighted by molar-refractivity contribution is 7.19. The molecule has 1 heterocycles. The second-order valence-corrected chi connectivity index (χ2v) is 5.04. The Morgan fingerprint density at radius 2 is 2.67 bits per heavy atom. The van der Waals surface area contributed by atoms with Crippen LogP contribution in [0.1, 0.15) is 0 Å². The molecule has 0 spiro atoms. The van der Waals surface area contributed by atoms with E-state index in [1.807, 2.05) is 11.3 Å². The third-order valence-corrected chi connectivity index (χ3v) is 4.32. The number of ether oxygens (including phenoxy) is 1. The molecule has 0 aliphatic carbocycles. The van der Waals surface area contributed by atoms with E-state index in [4.69, 9.17) is 4.74 Å². The highest BCUT2D eigenvalue weighted by Gasteiger charge is 1.91. The Kier molecular flexibility index (Phi) is 2.97. The summed E-state index contributed by atoms with van der Waals surface area (Å²) >= 11 is 1.84. The fraction of sp³-hybridized carbons (Fsp3) is 0.333. The third kappa shape index (κ3) is 2.30. The van der Waals surface area contributed by atoms with Crippen molar-refractivity contribution < 1.29 is 4.74 Å². The van der Waals surface area contributed by atoms with Gasteiger partial charge in [-0.2, -0.15) is 11.3 Å². The van der Waals surface area contributed by atoms with Crippen LogP contribution in [0.2, 0.25) is 0 Å². The standard InChI is InChI=1S/C6H10OSSi/c1-7-5-9-6-3-2-4-8-6/h2-4H,5,9H2,1H3. The predicted octanol–water partition coefficient (Wildman–Crippen LogP) is 0.146. The fourth-order valence-electron chi connectivity index (χ4n) is 0.657. The Labute approximate surface area is 61.5 Å². The van der Waals surface area contributed by atoms with E-state index in [-0.39, 0.29) is 9.52 Å². The topological polar surface area (TPSA) is 9.23 Å². The molecule has 0 saturated carbocycles. The van der Waals surface area contributed by atoms with Gasteiger partial charge in [-0.1, -0.05) is 12.1 Å². The molecule has 0 aliphatic rings. The molecule has 0 radical (unpaired) electrons. The maximum Gasteiger partial charge on any atom is 0.0974 e. The van der Waals surface area contributed by atoms with E-state index >= 15 is 0 Å². The summed E-state index contributed by atoms with van der Waals surface area (Å²) in [4.78, 5) is 0. The first kappa shape index (κ1) is 6.99. The number of hydrogen-bond donors (Lipinski definition) is 0. The van der Waals surface area contributed by atoms with Gasteiger partial charge in [0.1, 0.15) is 0 Å². The fourth-order valence-corrected chi connectivity index (χ4v) is 2.86. The molecule has 1 nitrogen and oxygen atoms in total. The van der Waals surface area contributed by atoms with E-state index in [1.165, 1.54) is 4.50 Å². The molecule has 3 heteroatoms. The lowest BCUT2D eigenvalue weighted by Gasteiger charge is -1.91. The number of methoxy groups -OCH3 is 1. The zero-order chi connectivity index (χ0) is 6.53. The second-order valence-electron chi connectivity index (χ2n) is 1.82. The first-order valence-electron chi connectivity index (χ1n) is 2.95. The Hall–Kier alpha value is -0.123. The third-order valence-electron chi connectivity index (χ3n) is 1.13. The summed E-state index contributed by atoms with van der Waals surface area (Å²) in [5, 5.41) is 2.12. The predicted molar refractivity (Wildman–Crippen MR) is 44.4 cm³/mol. The van der Waals surface area contributed by atoms with Crippen LogP contribution >= 0.6 is 11.3 Å². The SMILES string of the molecule is COC[SiH2]c1cccs1. The zero-order valence-electron chi connectivity index (χ0n) is 5.46. The van der Waals surface area contributed by atoms with Crippen molar-refractivity contribution in [2.24, 2.45) is 0 Å². The van der Waals surface area contributed by atoms with Crippen LogP contribution < -0.4 is 4.50 Å². The molecule has 1 aromatic heterocycles. The summed E-state index contributed by atoms with van der Waals surface area (Å²) in [5.41, 5.74) is 0. The molecule has 0 unspecified atom stereocenters. The molecule has 1 aromatic rings. The van der Waals surface area contributed by atoms with Gasteiger partial charge in [0, 0.05) is 13.3 Å². The second kappa shape index (κ2) is 3.82. The van der Waals surface area contributed by atoms with Crippen LogP contribution in [0.25, 0.3) is 0 Å². The van der Waals surface area contributed by atoms with Crippen LogP contribution in [0.5, 0.6) is 0 Å². The summed E-state index contributed by atoms with van der Waals surface area (Å²) in [6.45, 7) is 0. The largest absolute Gasteiger partial charge is 0.388 e. The molecule has 0 aliphatic heterocycles. The molecular formula is C6H10OSSi. The van der Waals surface area contributed by atoms with Gasteiger partial charge < -0.3 is 4.74 Å². The van der Waals surface area contributed by atoms with Gasteiger partial charge in [0.05, 0.1) is 9.52 Å². The Morgan fingerprint density at radius 1 is 1.78 bits per heavy atom. The van der Waals surface area contributed by atoms with Crippen molar-refractivity contribution in [1.82, 2.24) is 0 Å². The number of hydrogen-bond acceptors (Lipinski definition) is 2. The molecule has 1 rings (SSSR count). The first-order chi connectivity index (χ1) is 4.43. The minimum Gasteiger partial charge on any atom is -0.388 e. The highest BCUT2D eigenvalue weighted by atomic mass is 32.1. The molecule has 0 bridgehead atoms. The van der Waals surface area contributed by atoms with E-state index in [0.717, 1.165) is 6.23 Å². The maximum absolute atomic E-state index is 4.98. The maximum atomic E-state index is 4.98. The van der Waals surface area contributed by atoms with Crippen LogP contribution in [0, 0.1) is 0 Å². The van der Waals surface area contributed by atoms with Gasteiger partial charge in [0.2, 0.25) is 0 Å². The van der Waals surface area contributed by atoms with E-state index in [0.29, 0.717) is 0 Å². The van der Waals surface area contributed by atoms with Crippen molar-refractivity contribution in [3.63, 3.8) is 0 Å². The van der Waals surface area contributed by atoms with E-state index in [9.17, 15) is 0 Å². The van der Waals surface area contributed by atoms with E-state index < -0.39 is 0 Å². The smallest absolute Gasteiger partial charge is 0.0974 e. The summed E-state index contributed by atoms with van der Waals surface area (Å²) in [5.74, 6) is 0. The van der Waals surface area contributed by atoms with Gasteiger partial charge in [-0.05, 0) is 9.88 Å². The van der Waals surface area contributed by atoms with Gasteiger partial charge >= 0.3 is 0 Å². The lowest BCUT2D eigenvalue weighted by Crippen LogP contribution is -2.14. The normalized spacial score (nSPS) is 11.2. The van der Waals surface area contributed by atoms with Crippen molar-refractivity contribution in [1.29, 1.82) is 0 Å². The van der Waals surface area contributed by atoms with E-state index in [2.05, 4.69) is 17.5 Å². The molecule has 9 heavy (non-hydrogen) atoms. The van der Waals surface area contributed by atoms with Gasteiger partial charge in [-0.15, -0.1) is 0 Å². The van der Waals surface area contributed by atoms with E-state index in [1.54, 1.807) is 7.11 Å². The van der Waals surface area contributed by atoms with Crippen LogP contribution in [0.3, 0.4) is 0 Å². The van der Waals surface area contributed by atoms with Crippen molar-refractivity contribution >= 4 is 25.4 Å². The van der Waals surface area contributed by atoms with Crippen LogP contribution in [-0.2, 0) is 4.74 Å². The van der Waals surface area contributed by atoms with Crippen LogP contribution in [0.4, 0.5) is 0 Å². The lowest BCUT2D eigenvalue weighted by atomic mass is 10.7. The number of thiophene rings is 1. The van der Waals surface area contributed by atoms with Crippen molar-refractivity contribution in [3.05, 3.63) is 17.5 Å².